The molecule has 0 bridgehead atoms. The van der Waals surface area contributed by atoms with Crippen molar-refractivity contribution in [2.45, 2.75) is 14.7 Å². The highest BCUT2D eigenvalue weighted by Gasteiger charge is 2.16. The van der Waals surface area contributed by atoms with Crippen molar-refractivity contribution in [3.8, 4) is 0 Å². The van der Waals surface area contributed by atoms with E-state index < -0.39 is 40.1 Å². The third-order valence-corrected chi connectivity index (χ3v) is 8.74. The van der Waals surface area contributed by atoms with Crippen LogP contribution in [0.3, 0.4) is 0 Å². The maximum absolute atomic E-state index is 11.8. The topological polar surface area (TPSA) is 239 Å². The molecule has 17 heteroatoms. The molecule has 5 aromatic carbocycles. The molecule has 5 rings (SSSR count). The standard InChI is InChI=1S/C26H19N5O9S3/c27-23-8-9-24(19-6-4-17(13-21(19)23)42(35,36)37)30-31-25-10-11-26(22-14-18(43(38,39)40)5-7-20(22)25)29-28-15-2-1-3-16(12-15)41(32,33)34/h1-14H,27H2,(H,32,33,34)(H,35,36,37)(H,38,39,40)/b29-28+,31-30+. The Hall–Kier alpha value is -4.65. The Morgan fingerprint density at radius 1 is 0.465 bits per heavy atom. The van der Waals surface area contributed by atoms with Gasteiger partial charge in [-0.15, -0.1) is 15.3 Å². The van der Waals surface area contributed by atoms with Crippen LogP contribution in [-0.4, -0.2) is 38.9 Å². The average Bonchev–Trinajstić information content (AvgIpc) is 2.94. The summed E-state index contributed by atoms with van der Waals surface area (Å²) in [5.41, 5.74) is 7.00. The Balaban J connectivity index is 1.61. The molecule has 0 aliphatic rings. The van der Waals surface area contributed by atoms with Gasteiger partial charge < -0.3 is 5.73 Å². The van der Waals surface area contributed by atoms with Gasteiger partial charge in [-0.05, 0) is 66.7 Å². The normalized spacial score (nSPS) is 13.0. The molecule has 0 amide bonds. The Bertz CT molecular complexity index is 2340. The second kappa shape index (κ2) is 10.9. The van der Waals surface area contributed by atoms with E-state index >= 15 is 0 Å². The number of hydrogen-bond donors (Lipinski definition) is 4. The second-order valence-electron chi connectivity index (χ2n) is 9.02. The lowest BCUT2D eigenvalue weighted by molar-refractivity contribution is 0.481. The van der Waals surface area contributed by atoms with E-state index in [0.717, 1.165) is 18.2 Å². The highest BCUT2D eigenvalue weighted by Crippen LogP contribution is 2.38. The van der Waals surface area contributed by atoms with Crippen LogP contribution in [-0.2, 0) is 30.4 Å². The van der Waals surface area contributed by atoms with E-state index in [-0.39, 0.29) is 33.0 Å². The molecule has 0 fully saturated rings. The average molecular weight is 642 g/mol. The quantitative estimate of drug-likeness (QED) is 0.0898. The van der Waals surface area contributed by atoms with Crippen molar-refractivity contribution in [2.24, 2.45) is 20.5 Å². The van der Waals surface area contributed by atoms with Crippen LogP contribution in [0.15, 0.2) is 120 Å². The van der Waals surface area contributed by atoms with E-state index in [1.165, 1.54) is 60.7 Å². The fraction of sp³-hybridized carbons (Fsp3) is 0. The van der Waals surface area contributed by atoms with Gasteiger partial charge in [0.1, 0.15) is 0 Å². The lowest BCUT2D eigenvalue weighted by Gasteiger charge is -2.08. The molecule has 0 saturated carbocycles. The van der Waals surface area contributed by atoms with Crippen molar-refractivity contribution in [3.63, 3.8) is 0 Å². The summed E-state index contributed by atoms with van der Waals surface area (Å²) < 4.78 is 98.0. The third-order valence-electron chi connectivity index (χ3n) is 6.19. The van der Waals surface area contributed by atoms with E-state index in [1.807, 2.05) is 0 Å². The number of fused-ring (bicyclic) bond motifs is 2. The van der Waals surface area contributed by atoms with Crippen LogP contribution in [0.25, 0.3) is 21.5 Å². The Morgan fingerprint density at radius 2 is 0.907 bits per heavy atom. The first kappa shape index (κ1) is 29.8. The summed E-state index contributed by atoms with van der Waals surface area (Å²) in [6.45, 7) is 0. The highest BCUT2D eigenvalue weighted by molar-refractivity contribution is 7.86. The SMILES string of the molecule is Nc1ccc(/N=N/c2ccc(/N=N/c3cccc(S(=O)(=O)O)c3)c3cc(S(=O)(=O)O)ccc23)c2ccc(S(=O)(=O)O)cc12. The predicted molar refractivity (Wildman–Crippen MR) is 157 cm³/mol. The molecule has 5 aromatic rings. The summed E-state index contributed by atoms with van der Waals surface area (Å²) in [7, 11) is -13.6. The number of anilines is 1. The molecule has 0 unspecified atom stereocenters. The minimum atomic E-state index is -4.60. The number of rotatable bonds is 7. The zero-order valence-electron chi connectivity index (χ0n) is 21.5. The van der Waals surface area contributed by atoms with Gasteiger partial charge in [-0.1, -0.05) is 18.2 Å². The van der Waals surface area contributed by atoms with Crippen LogP contribution in [0.5, 0.6) is 0 Å². The number of nitrogen functional groups attached to an aromatic ring is 1. The van der Waals surface area contributed by atoms with Crippen molar-refractivity contribution >= 4 is 80.3 Å². The molecule has 0 aromatic heterocycles. The van der Waals surface area contributed by atoms with Crippen LogP contribution in [0.4, 0.5) is 28.4 Å². The summed E-state index contributed by atoms with van der Waals surface area (Å²) in [5.74, 6) is 0. The molecule has 0 saturated heterocycles. The number of nitrogens with zero attached hydrogens (tertiary/aromatic N) is 4. The molecule has 0 aliphatic carbocycles. The van der Waals surface area contributed by atoms with Gasteiger partial charge in [-0.2, -0.15) is 30.4 Å². The van der Waals surface area contributed by atoms with Crippen LogP contribution in [0.1, 0.15) is 0 Å². The lowest BCUT2D eigenvalue weighted by Crippen LogP contribution is -1.98. The minimum Gasteiger partial charge on any atom is -0.398 e. The third kappa shape index (κ3) is 6.41. The maximum atomic E-state index is 11.8. The van der Waals surface area contributed by atoms with Gasteiger partial charge >= 0.3 is 0 Å². The number of hydrogen-bond acceptors (Lipinski definition) is 11. The highest BCUT2D eigenvalue weighted by atomic mass is 32.2. The van der Waals surface area contributed by atoms with Crippen LogP contribution in [0.2, 0.25) is 0 Å². The number of benzene rings is 5. The largest absolute Gasteiger partial charge is 0.398 e. The van der Waals surface area contributed by atoms with Gasteiger partial charge in [-0.3, -0.25) is 13.7 Å². The van der Waals surface area contributed by atoms with E-state index in [0.29, 0.717) is 21.8 Å². The summed E-state index contributed by atoms with van der Waals surface area (Å²) in [4.78, 5) is -1.18. The smallest absolute Gasteiger partial charge is 0.294 e. The van der Waals surface area contributed by atoms with Crippen molar-refractivity contribution < 1.29 is 38.9 Å². The molecule has 0 radical (unpaired) electrons. The maximum Gasteiger partial charge on any atom is 0.294 e. The Labute approximate surface area is 244 Å². The van der Waals surface area contributed by atoms with E-state index in [2.05, 4.69) is 20.5 Å². The second-order valence-corrected chi connectivity index (χ2v) is 13.3. The molecule has 0 heterocycles. The van der Waals surface area contributed by atoms with Crippen molar-refractivity contribution in [2.75, 3.05) is 5.73 Å². The number of azo groups is 2. The summed E-state index contributed by atoms with van der Waals surface area (Å²) in [5, 5.41) is 17.9. The molecule has 43 heavy (non-hydrogen) atoms. The lowest BCUT2D eigenvalue weighted by atomic mass is 10.1. The number of nitrogens with two attached hydrogens (primary N) is 1. The zero-order valence-corrected chi connectivity index (χ0v) is 23.9. The molecule has 220 valence electrons. The molecule has 0 aliphatic heterocycles. The van der Waals surface area contributed by atoms with Gasteiger partial charge in [0.15, 0.2) is 0 Å². The van der Waals surface area contributed by atoms with E-state index in [9.17, 15) is 38.9 Å². The van der Waals surface area contributed by atoms with Crippen molar-refractivity contribution in [1.82, 2.24) is 0 Å². The fourth-order valence-corrected chi connectivity index (χ4v) is 5.67. The Morgan fingerprint density at radius 3 is 1.47 bits per heavy atom. The summed E-state index contributed by atoms with van der Waals surface area (Å²) >= 11 is 0. The zero-order chi connectivity index (χ0) is 31.2. The first-order valence-corrected chi connectivity index (χ1v) is 16.2. The van der Waals surface area contributed by atoms with Crippen molar-refractivity contribution in [3.05, 3.63) is 84.9 Å². The molecule has 0 spiro atoms. The fourth-order valence-electron chi connectivity index (χ4n) is 4.14. The van der Waals surface area contributed by atoms with Crippen LogP contribution in [0, 0.1) is 0 Å². The molecule has 14 nitrogen and oxygen atoms in total. The first-order chi connectivity index (χ1) is 20.1. The van der Waals surface area contributed by atoms with Crippen molar-refractivity contribution in [1.29, 1.82) is 0 Å². The van der Waals surface area contributed by atoms with Gasteiger partial charge in [0, 0.05) is 27.2 Å². The monoisotopic (exact) mass is 641 g/mol. The summed E-state index contributed by atoms with van der Waals surface area (Å²) in [6.07, 6.45) is 0. The minimum absolute atomic E-state index is 0.0744. The first-order valence-electron chi connectivity index (χ1n) is 11.9. The van der Waals surface area contributed by atoms with Crippen LogP contribution >= 0.6 is 0 Å². The van der Waals surface area contributed by atoms with E-state index in [4.69, 9.17) is 5.73 Å². The molecular weight excluding hydrogens is 623 g/mol. The molecular formula is C26H19N5O9S3. The van der Waals surface area contributed by atoms with Gasteiger partial charge in [0.25, 0.3) is 30.4 Å². The van der Waals surface area contributed by atoms with Gasteiger partial charge in [-0.25, -0.2) is 0 Å². The van der Waals surface area contributed by atoms with E-state index in [1.54, 1.807) is 6.07 Å². The summed E-state index contributed by atoms with van der Waals surface area (Å²) in [6, 6.07) is 18.5. The predicted octanol–water partition coefficient (Wildman–Crippen LogP) is 6.15. The molecule has 5 N–H and O–H groups in total. The van der Waals surface area contributed by atoms with Gasteiger partial charge in [0.2, 0.25) is 0 Å². The van der Waals surface area contributed by atoms with Crippen LogP contribution < -0.4 is 5.73 Å². The van der Waals surface area contributed by atoms with Gasteiger partial charge in [0.05, 0.1) is 37.4 Å². The Kier molecular flexibility index (Phi) is 7.55. The molecule has 0 atom stereocenters.